The van der Waals surface area contributed by atoms with Crippen LogP contribution in [0.4, 0.5) is 4.39 Å². The van der Waals surface area contributed by atoms with Gasteiger partial charge in [-0.05, 0) is 19.4 Å². The Morgan fingerprint density at radius 2 is 1.96 bits per heavy atom. The van der Waals surface area contributed by atoms with E-state index in [9.17, 15) is 19.1 Å². The van der Waals surface area contributed by atoms with Gasteiger partial charge in [0.2, 0.25) is 0 Å². The average Bonchev–Trinajstić information content (AvgIpc) is 2.76. The number of rotatable bonds is 7. The molecule has 0 aliphatic carbocycles. The highest BCUT2D eigenvalue weighted by molar-refractivity contribution is 6.08. The van der Waals surface area contributed by atoms with Crippen molar-refractivity contribution in [2.45, 2.75) is 45.6 Å². The molecule has 0 saturated heterocycles. The highest BCUT2D eigenvalue weighted by Crippen LogP contribution is 2.38. The molecule has 23 heavy (non-hydrogen) atoms. The summed E-state index contributed by atoms with van der Waals surface area (Å²) in [5, 5.41) is 10.1. The topological polar surface area (TPSA) is 57.6 Å². The van der Waals surface area contributed by atoms with Crippen LogP contribution in [-0.2, 0) is 9.59 Å². The van der Waals surface area contributed by atoms with Gasteiger partial charge in [0.1, 0.15) is 5.82 Å². The lowest BCUT2D eigenvalue weighted by Crippen LogP contribution is -2.32. The molecular weight excluding hydrogens is 297 g/mol. The molecule has 1 N–H and O–H groups in total. The van der Waals surface area contributed by atoms with Crippen molar-refractivity contribution in [3.05, 3.63) is 47.0 Å². The summed E-state index contributed by atoms with van der Waals surface area (Å²) in [5.74, 6) is -2.06. The number of carbonyl (C=O) groups excluding carboxylic acids is 2. The van der Waals surface area contributed by atoms with Crippen molar-refractivity contribution in [2.24, 2.45) is 0 Å². The van der Waals surface area contributed by atoms with Crippen LogP contribution in [0, 0.1) is 5.82 Å². The molecule has 1 heterocycles. The summed E-state index contributed by atoms with van der Waals surface area (Å²) in [5.41, 5.74) is 0.223. The van der Waals surface area contributed by atoms with Crippen molar-refractivity contribution in [1.82, 2.24) is 4.90 Å². The summed E-state index contributed by atoms with van der Waals surface area (Å²) in [6, 6.07) is 5.21. The highest BCUT2D eigenvalue weighted by Gasteiger charge is 2.42. The third kappa shape index (κ3) is 3.44. The Morgan fingerprint density at radius 3 is 2.57 bits per heavy atom. The second kappa shape index (κ2) is 7.40. The number of benzene rings is 1. The standard InChI is InChI=1S/C18H22FNO3/c1-3-4-5-8-11-20-16(13-9-6-7-10-14(13)19)15(12(2)21)17(22)18(20)23/h6-7,9-10,16,22H,3-5,8,11H2,1-2H3/t16-/m1/s1. The van der Waals surface area contributed by atoms with Gasteiger partial charge in [-0.25, -0.2) is 4.39 Å². The first kappa shape index (κ1) is 17.2. The summed E-state index contributed by atoms with van der Waals surface area (Å²) in [6.45, 7) is 3.76. The minimum absolute atomic E-state index is 0.0180. The summed E-state index contributed by atoms with van der Waals surface area (Å²) in [4.78, 5) is 25.6. The minimum atomic E-state index is -0.845. The lowest BCUT2D eigenvalue weighted by Gasteiger charge is -2.26. The summed E-state index contributed by atoms with van der Waals surface area (Å²) >= 11 is 0. The zero-order chi connectivity index (χ0) is 17.0. The number of hydrogen-bond donors (Lipinski definition) is 1. The number of ketones is 1. The van der Waals surface area contributed by atoms with E-state index in [4.69, 9.17) is 0 Å². The normalized spacial score (nSPS) is 18.0. The lowest BCUT2D eigenvalue weighted by molar-refractivity contribution is -0.129. The molecular formula is C18H22FNO3. The Morgan fingerprint density at radius 1 is 1.26 bits per heavy atom. The Labute approximate surface area is 135 Å². The molecule has 0 unspecified atom stereocenters. The van der Waals surface area contributed by atoms with Crippen LogP contribution in [0.25, 0.3) is 0 Å². The fourth-order valence-electron chi connectivity index (χ4n) is 2.97. The predicted molar refractivity (Wildman–Crippen MR) is 85.3 cm³/mol. The van der Waals surface area contributed by atoms with Gasteiger partial charge in [0.05, 0.1) is 11.6 Å². The third-order valence-corrected chi connectivity index (χ3v) is 4.14. The Bertz CT molecular complexity index is 639. The van der Waals surface area contributed by atoms with Crippen LogP contribution in [0.1, 0.15) is 51.1 Å². The Balaban J connectivity index is 2.35. The van der Waals surface area contributed by atoms with Crippen LogP contribution in [-0.4, -0.2) is 28.2 Å². The van der Waals surface area contributed by atoms with Gasteiger partial charge in [-0.15, -0.1) is 0 Å². The van der Waals surface area contributed by atoms with Crippen LogP contribution >= 0.6 is 0 Å². The molecule has 0 spiro atoms. The molecule has 1 aromatic rings. The number of carbonyl (C=O) groups is 2. The maximum atomic E-state index is 14.2. The molecule has 124 valence electrons. The van der Waals surface area contributed by atoms with Crippen molar-refractivity contribution in [3.63, 3.8) is 0 Å². The highest BCUT2D eigenvalue weighted by atomic mass is 19.1. The van der Waals surface area contributed by atoms with Crippen LogP contribution < -0.4 is 0 Å². The average molecular weight is 319 g/mol. The molecule has 0 aromatic heterocycles. The molecule has 0 radical (unpaired) electrons. The van der Waals surface area contributed by atoms with E-state index in [2.05, 4.69) is 6.92 Å². The first-order chi connectivity index (χ1) is 11.0. The van der Waals surface area contributed by atoms with Gasteiger partial charge in [-0.3, -0.25) is 9.59 Å². The summed E-state index contributed by atoms with van der Waals surface area (Å²) < 4.78 is 14.2. The Hall–Kier alpha value is -2.17. The summed E-state index contributed by atoms with van der Waals surface area (Å²) in [7, 11) is 0. The van der Waals surface area contributed by atoms with Crippen LogP contribution in [0.3, 0.4) is 0 Å². The molecule has 2 rings (SSSR count). The van der Waals surface area contributed by atoms with Crippen LogP contribution in [0.15, 0.2) is 35.6 Å². The van der Waals surface area contributed by atoms with E-state index < -0.39 is 29.3 Å². The van der Waals surface area contributed by atoms with Crippen molar-refractivity contribution >= 4 is 11.7 Å². The smallest absolute Gasteiger partial charge is 0.290 e. The van der Waals surface area contributed by atoms with E-state index in [0.717, 1.165) is 25.7 Å². The quantitative estimate of drug-likeness (QED) is 0.780. The number of halogens is 1. The van der Waals surface area contributed by atoms with Crippen molar-refractivity contribution < 1.29 is 19.1 Å². The number of hydrogen-bond acceptors (Lipinski definition) is 3. The molecule has 0 saturated carbocycles. The molecule has 4 nitrogen and oxygen atoms in total. The SMILES string of the molecule is CCCCCCN1C(=O)C(O)=C(C(C)=O)[C@H]1c1ccccc1F. The second-order valence-corrected chi connectivity index (χ2v) is 5.80. The maximum Gasteiger partial charge on any atom is 0.290 e. The summed E-state index contributed by atoms with van der Waals surface area (Å²) in [6.07, 6.45) is 3.81. The van der Waals surface area contributed by atoms with Crippen molar-refractivity contribution in [3.8, 4) is 0 Å². The molecule has 0 bridgehead atoms. The molecule has 0 fully saturated rings. The van der Waals surface area contributed by atoms with Crippen molar-refractivity contribution in [2.75, 3.05) is 6.54 Å². The van der Waals surface area contributed by atoms with Gasteiger partial charge in [0.15, 0.2) is 11.5 Å². The minimum Gasteiger partial charge on any atom is -0.503 e. The monoisotopic (exact) mass is 319 g/mol. The van der Waals surface area contributed by atoms with Gasteiger partial charge in [0.25, 0.3) is 5.91 Å². The van der Waals surface area contributed by atoms with Crippen LogP contribution in [0.5, 0.6) is 0 Å². The van der Waals surface area contributed by atoms with E-state index in [1.807, 2.05) is 0 Å². The fourth-order valence-corrected chi connectivity index (χ4v) is 2.97. The molecule has 5 heteroatoms. The zero-order valence-corrected chi connectivity index (χ0v) is 13.5. The van der Waals surface area contributed by atoms with E-state index in [-0.39, 0.29) is 11.1 Å². The number of unbranched alkanes of at least 4 members (excludes halogenated alkanes) is 3. The second-order valence-electron chi connectivity index (χ2n) is 5.80. The van der Waals surface area contributed by atoms with E-state index >= 15 is 0 Å². The lowest BCUT2D eigenvalue weighted by atomic mass is 9.96. The number of amides is 1. The molecule has 1 aliphatic rings. The molecule has 1 amide bonds. The third-order valence-electron chi connectivity index (χ3n) is 4.14. The molecule has 1 aliphatic heterocycles. The predicted octanol–water partition coefficient (Wildman–Crippen LogP) is 3.69. The molecule has 1 aromatic carbocycles. The fraction of sp³-hybridized carbons (Fsp3) is 0.444. The first-order valence-electron chi connectivity index (χ1n) is 7.98. The van der Waals surface area contributed by atoms with E-state index in [0.29, 0.717) is 6.54 Å². The number of aliphatic hydroxyl groups excluding tert-OH is 1. The van der Waals surface area contributed by atoms with Gasteiger partial charge in [0, 0.05) is 12.1 Å². The zero-order valence-electron chi connectivity index (χ0n) is 13.5. The van der Waals surface area contributed by atoms with Gasteiger partial charge >= 0.3 is 0 Å². The van der Waals surface area contributed by atoms with E-state index in [1.165, 1.54) is 17.9 Å². The van der Waals surface area contributed by atoms with E-state index in [1.54, 1.807) is 18.2 Å². The number of Topliss-reactive ketones (excluding diaryl/α,β-unsaturated/α-hetero) is 1. The van der Waals surface area contributed by atoms with Crippen LogP contribution in [0.2, 0.25) is 0 Å². The van der Waals surface area contributed by atoms with Crippen molar-refractivity contribution in [1.29, 1.82) is 0 Å². The number of aliphatic hydroxyl groups is 1. The number of nitrogens with zero attached hydrogens (tertiary/aromatic N) is 1. The largest absolute Gasteiger partial charge is 0.503 e. The maximum absolute atomic E-state index is 14.2. The van der Waals surface area contributed by atoms with Gasteiger partial charge in [-0.1, -0.05) is 44.4 Å². The van der Waals surface area contributed by atoms with Gasteiger partial charge in [-0.2, -0.15) is 0 Å². The molecule has 1 atom stereocenters. The Kier molecular flexibility index (Phi) is 5.53. The van der Waals surface area contributed by atoms with Gasteiger partial charge < -0.3 is 10.0 Å². The first-order valence-corrected chi connectivity index (χ1v) is 7.98.